The van der Waals surface area contributed by atoms with E-state index in [0.717, 1.165) is 0 Å². The zero-order chi connectivity index (χ0) is 16.8. The van der Waals surface area contributed by atoms with E-state index in [9.17, 15) is 14.0 Å². The van der Waals surface area contributed by atoms with Crippen molar-refractivity contribution in [1.82, 2.24) is 5.32 Å². The summed E-state index contributed by atoms with van der Waals surface area (Å²) in [5, 5.41) is 2.52. The molecule has 23 heavy (non-hydrogen) atoms. The van der Waals surface area contributed by atoms with Gasteiger partial charge in [0.1, 0.15) is 11.6 Å². The highest BCUT2D eigenvalue weighted by molar-refractivity contribution is 5.90. The number of benzene rings is 1. The molecule has 2 aromatic rings. The molecule has 1 amide bonds. The first kappa shape index (κ1) is 16.5. The van der Waals surface area contributed by atoms with Gasteiger partial charge in [-0.3, -0.25) is 4.79 Å². The van der Waals surface area contributed by atoms with E-state index in [4.69, 9.17) is 9.15 Å². The highest BCUT2D eigenvalue weighted by Gasteiger charge is 2.21. The van der Waals surface area contributed by atoms with Gasteiger partial charge in [0.25, 0.3) is 5.91 Å². The summed E-state index contributed by atoms with van der Waals surface area (Å²) in [7, 11) is 0. The number of hydrogen-bond acceptors (Lipinski definition) is 4. The van der Waals surface area contributed by atoms with E-state index in [2.05, 4.69) is 11.9 Å². The van der Waals surface area contributed by atoms with Crippen LogP contribution in [0.5, 0.6) is 0 Å². The highest BCUT2D eigenvalue weighted by Crippen LogP contribution is 2.23. The molecule has 0 fully saturated rings. The molecule has 1 aromatic carbocycles. The van der Waals surface area contributed by atoms with Crippen molar-refractivity contribution < 1.29 is 23.1 Å². The molecule has 1 heterocycles. The van der Waals surface area contributed by atoms with Crippen molar-refractivity contribution in [2.45, 2.75) is 13.0 Å². The summed E-state index contributed by atoms with van der Waals surface area (Å²) in [6.07, 6.45) is 0.565. The summed E-state index contributed by atoms with van der Waals surface area (Å²) in [5.74, 6) is -1.17. The van der Waals surface area contributed by atoms with Crippen molar-refractivity contribution in [3.8, 4) is 11.3 Å². The van der Waals surface area contributed by atoms with Crippen LogP contribution in [0.3, 0.4) is 0 Å². The largest absolute Gasteiger partial charge is 0.449 e. The molecular weight excluding hydrogens is 301 g/mol. The van der Waals surface area contributed by atoms with Crippen LogP contribution >= 0.6 is 0 Å². The van der Waals surface area contributed by atoms with E-state index in [1.807, 2.05) is 0 Å². The van der Waals surface area contributed by atoms with Crippen molar-refractivity contribution in [3.63, 3.8) is 0 Å². The van der Waals surface area contributed by atoms with Crippen LogP contribution in [0, 0.1) is 5.82 Å². The second kappa shape index (κ2) is 7.40. The maximum atomic E-state index is 12.9. The molecule has 0 aliphatic heterocycles. The number of nitrogens with one attached hydrogen (secondary N) is 1. The summed E-state index contributed by atoms with van der Waals surface area (Å²) >= 11 is 0. The third-order valence-electron chi connectivity index (χ3n) is 3.01. The summed E-state index contributed by atoms with van der Waals surface area (Å²) in [4.78, 5) is 23.6. The van der Waals surface area contributed by atoms with Gasteiger partial charge < -0.3 is 14.5 Å². The Labute approximate surface area is 132 Å². The minimum Gasteiger partial charge on any atom is -0.449 e. The summed E-state index contributed by atoms with van der Waals surface area (Å²) in [6, 6.07) is 8.68. The number of esters is 1. The van der Waals surface area contributed by atoms with Gasteiger partial charge in [-0.15, -0.1) is 6.58 Å². The van der Waals surface area contributed by atoms with Gasteiger partial charge in [-0.05, 0) is 43.3 Å². The average Bonchev–Trinajstić information content (AvgIpc) is 3.03. The van der Waals surface area contributed by atoms with Gasteiger partial charge >= 0.3 is 5.97 Å². The van der Waals surface area contributed by atoms with E-state index in [1.54, 1.807) is 6.07 Å². The number of furan rings is 1. The first-order valence-corrected chi connectivity index (χ1v) is 6.96. The van der Waals surface area contributed by atoms with Crippen molar-refractivity contribution in [2.75, 3.05) is 6.54 Å². The molecule has 2 rings (SSSR count). The molecule has 0 spiro atoms. The van der Waals surface area contributed by atoms with Crippen LogP contribution in [0.1, 0.15) is 17.5 Å². The Morgan fingerprint density at radius 2 is 2.00 bits per heavy atom. The fourth-order valence-electron chi connectivity index (χ4n) is 1.81. The van der Waals surface area contributed by atoms with Crippen LogP contribution in [-0.4, -0.2) is 24.5 Å². The van der Waals surface area contributed by atoms with Crippen LogP contribution in [-0.2, 0) is 9.53 Å². The molecule has 1 N–H and O–H groups in total. The van der Waals surface area contributed by atoms with E-state index in [-0.39, 0.29) is 18.1 Å². The van der Waals surface area contributed by atoms with Crippen LogP contribution in [0.25, 0.3) is 11.3 Å². The minimum atomic E-state index is -0.957. The van der Waals surface area contributed by atoms with E-state index in [0.29, 0.717) is 11.3 Å². The van der Waals surface area contributed by atoms with Crippen molar-refractivity contribution >= 4 is 11.9 Å². The second-order valence-electron chi connectivity index (χ2n) is 4.75. The summed E-state index contributed by atoms with van der Waals surface area (Å²) in [5.41, 5.74) is 0.627. The van der Waals surface area contributed by atoms with Crippen LogP contribution < -0.4 is 5.32 Å². The first-order chi connectivity index (χ1) is 11.0. The number of carbonyl (C=O) groups is 2. The monoisotopic (exact) mass is 317 g/mol. The number of rotatable bonds is 6. The molecular formula is C17H16FNO4. The van der Waals surface area contributed by atoms with E-state index < -0.39 is 18.0 Å². The zero-order valence-corrected chi connectivity index (χ0v) is 12.5. The second-order valence-corrected chi connectivity index (χ2v) is 4.75. The first-order valence-electron chi connectivity index (χ1n) is 6.96. The van der Waals surface area contributed by atoms with Gasteiger partial charge in [-0.1, -0.05) is 6.08 Å². The van der Waals surface area contributed by atoms with E-state index in [1.165, 1.54) is 43.3 Å². The number of carbonyl (C=O) groups excluding carboxylic acids is 2. The molecule has 0 radical (unpaired) electrons. The normalized spacial score (nSPS) is 11.6. The lowest BCUT2D eigenvalue weighted by Crippen LogP contribution is -2.35. The van der Waals surface area contributed by atoms with Crippen molar-refractivity contribution in [1.29, 1.82) is 0 Å². The fourth-order valence-corrected chi connectivity index (χ4v) is 1.81. The Kier molecular flexibility index (Phi) is 5.30. The van der Waals surface area contributed by atoms with Crippen molar-refractivity contribution in [3.05, 3.63) is 60.6 Å². The van der Waals surface area contributed by atoms with Crippen LogP contribution in [0.4, 0.5) is 4.39 Å². The summed E-state index contributed by atoms with van der Waals surface area (Å²) < 4.78 is 23.3. The van der Waals surface area contributed by atoms with Gasteiger partial charge in [-0.25, -0.2) is 9.18 Å². The average molecular weight is 317 g/mol. The van der Waals surface area contributed by atoms with Crippen LogP contribution in [0.2, 0.25) is 0 Å². The molecule has 0 saturated heterocycles. The molecule has 0 bridgehead atoms. The quantitative estimate of drug-likeness (QED) is 0.657. The van der Waals surface area contributed by atoms with Crippen molar-refractivity contribution in [2.24, 2.45) is 0 Å². The molecule has 120 valence electrons. The standard InChI is InChI=1S/C17H16FNO4/c1-3-10-19-16(20)11(2)22-17(21)15-9-8-14(23-15)12-4-6-13(18)7-5-12/h3-9,11H,1,10H2,2H3,(H,19,20)/t11-/m1/s1. The number of hydrogen-bond donors (Lipinski definition) is 1. The van der Waals surface area contributed by atoms with Gasteiger partial charge in [0.15, 0.2) is 6.10 Å². The SMILES string of the molecule is C=CCNC(=O)[C@@H](C)OC(=O)c1ccc(-c2ccc(F)cc2)o1. The molecule has 5 nitrogen and oxygen atoms in total. The van der Waals surface area contributed by atoms with Crippen LogP contribution in [0.15, 0.2) is 53.5 Å². The molecule has 0 saturated carbocycles. The lowest BCUT2D eigenvalue weighted by molar-refractivity contribution is -0.128. The number of ether oxygens (including phenoxy) is 1. The lowest BCUT2D eigenvalue weighted by atomic mass is 10.2. The molecule has 1 atom stereocenters. The van der Waals surface area contributed by atoms with E-state index >= 15 is 0 Å². The fraction of sp³-hybridized carbons (Fsp3) is 0.176. The topological polar surface area (TPSA) is 68.5 Å². The Hall–Kier alpha value is -2.89. The minimum absolute atomic E-state index is 0.0345. The maximum absolute atomic E-state index is 12.9. The molecule has 6 heteroatoms. The Bertz CT molecular complexity index is 706. The summed E-state index contributed by atoms with van der Waals surface area (Å²) in [6.45, 7) is 5.22. The van der Waals surface area contributed by atoms with Gasteiger partial charge in [0.05, 0.1) is 0 Å². The molecule has 0 aliphatic rings. The third kappa shape index (κ3) is 4.29. The lowest BCUT2D eigenvalue weighted by Gasteiger charge is -2.11. The predicted molar refractivity (Wildman–Crippen MR) is 82.2 cm³/mol. The van der Waals surface area contributed by atoms with Gasteiger partial charge in [0.2, 0.25) is 5.76 Å². The Balaban J connectivity index is 2.02. The zero-order valence-electron chi connectivity index (χ0n) is 12.5. The predicted octanol–water partition coefficient (Wildman–Crippen LogP) is 2.93. The maximum Gasteiger partial charge on any atom is 0.375 e. The smallest absolute Gasteiger partial charge is 0.375 e. The Morgan fingerprint density at radius 3 is 2.65 bits per heavy atom. The number of amides is 1. The highest BCUT2D eigenvalue weighted by atomic mass is 19.1. The third-order valence-corrected chi connectivity index (χ3v) is 3.01. The molecule has 0 unspecified atom stereocenters. The van der Waals surface area contributed by atoms with Gasteiger partial charge in [0, 0.05) is 12.1 Å². The molecule has 0 aliphatic carbocycles. The number of halogens is 1. The Morgan fingerprint density at radius 1 is 1.30 bits per heavy atom. The molecule has 1 aromatic heterocycles. The van der Waals surface area contributed by atoms with Gasteiger partial charge in [-0.2, -0.15) is 0 Å².